The molecule has 0 aliphatic heterocycles. The zero-order valence-electron chi connectivity index (χ0n) is 17.8. The van der Waals surface area contributed by atoms with E-state index in [1.165, 1.54) is 0 Å². The molecule has 0 radical (unpaired) electrons. The molecule has 1 aromatic heterocycles. The highest BCUT2D eigenvalue weighted by molar-refractivity contribution is 7.83. The Morgan fingerprint density at radius 2 is 1.65 bits per heavy atom. The van der Waals surface area contributed by atoms with Crippen molar-refractivity contribution >= 4 is 29.2 Å². The summed E-state index contributed by atoms with van der Waals surface area (Å²) in [5.41, 5.74) is 4.29. The fourth-order valence-corrected chi connectivity index (χ4v) is 5.97. The average Bonchev–Trinajstić information content (AvgIpc) is 3.17. The van der Waals surface area contributed by atoms with E-state index in [2.05, 4.69) is 10.3 Å². The first-order valence-corrected chi connectivity index (χ1v) is 11.8. The maximum Gasteiger partial charge on any atom is 0.300 e. The summed E-state index contributed by atoms with van der Waals surface area (Å²) in [5, 5.41) is 8.86. The van der Waals surface area contributed by atoms with Crippen molar-refractivity contribution in [1.29, 1.82) is 0 Å². The molecular formula is C24H24N3O3P. The van der Waals surface area contributed by atoms with Gasteiger partial charge in [-0.2, -0.15) is 0 Å². The van der Waals surface area contributed by atoms with E-state index in [0.717, 1.165) is 27.7 Å². The van der Waals surface area contributed by atoms with Gasteiger partial charge in [0.25, 0.3) is 5.52 Å². The summed E-state index contributed by atoms with van der Waals surface area (Å²) in [6, 6.07) is 20.4. The molecule has 4 rings (SSSR count). The number of para-hydroxylation sites is 1. The Bertz CT molecular complexity index is 1270. The van der Waals surface area contributed by atoms with Gasteiger partial charge >= 0.3 is 7.37 Å². The second-order valence-corrected chi connectivity index (χ2v) is 9.73. The van der Waals surface area contributed by atoms with Gasteiger partial charge in [0, 0.05) is 10.9 Å². The van der Waals surface area contributed by atoms with Crippen molar-refractivity contribution < 1.29 is 13.9 Å². The summed E-state index contributed by atoms with van der Waals surface area (Å²) < 4.78 is 21.1. The first-order valence-electron chi connectivity index (χ1n) is 10.2. The van der Waals surface area contributed by atoms with Crippen molar-refractivity contribution in [3.8, 4) is 0 Å². The summed E-state index contributed by atoms with van der Waals surface area (Å²) in [5.74, 6) is 0. The van der Waals surface area contributed by atoms with Crippen LogP contribution < -0.4 is 5.30 Å². The first-order chi connectivity index (χ1) is 14.9. The number of aromatic nitrogens is 3. The largest absolute Gasteiger partial charge is 0.320 e. The molecule has 1 atom stereocenters. The van der Waals surface area contributed by atoms with Crippen LogP contribution >= 0.6 is 7.37 Å². The van der Waals surface area contributed by atoms with Gasteiger partial charge in [-0.3, -0.25) is 9.36 Å². The molecule has 0 bridgehead atoms. The van der Waals surface area contributed by atoms with Crippen LogP contribution in [-0.4, -0.2) is 27.1 Å². The molecule has 0 aliphatic carbocycles. The van der Waals surface area contributed by atoms with E-state index in [1.54, 1.807) is 31.2 Å². The van der Waals surface area contributed by atoms with Crippen LogP contribution in [0.1, 0.15) is 34.0 Å². The van der Waals surface area contributed by atoms with Crippen molar-refractivity contribution in [2.45, 2.75) is 27.3 Å². The van der Waals surface area contributed by atoms with E-state index < -0.39 is 12.9 Å². The topological polar surface area (TPSA) is 74.1 Å². The summed E-state index contributed by atoms with van der Waals surface area (Å²) in [6.45, 7) is 6.19. The number of hydrogen-bond acceptors (Lipinski definition) is 5. The van der Waals surface area contributed by atoms with Gasteiger partial charge in [-0.05, 0) is 61.7 Å². The molecular weight excluding hydrogens is 409 g/mol. The van der Waals surface area contributed by atoms with Gasteiger partial charge in [-0.25, -0.2) is 4.68 Å². The van der Waals surface area contributed by atoms with Crippen molar-refractivity contribution in [1.82, 2.24) is 15.0 Å². The summed E-state index contributed by atoms with van der Waals surface area (Å²) in [7, 11) is -3.71. The number of carbonyl (C=O) groups excluding carboxylic acids is 1. The van der Waals surface area contributed by atoms with E-state index in [0.29, 0.717) is 17.4 Å². The normalized spacial score (nSPS) is 13.3. The molecule has 1 heterocycles. The number of nitrogens with zero attached hydrogens (tertiary/aromatic N) is 3. The highest BCUT2D eigenvalue weighted by Gasteiger charge is 2.37. The third-order valence-corrected chi connectivity index (χ3v) is 7.59. The third kappa shape index (κ3) is 3.97. The Hall–Kier alpha value is -3.08. The molecule has 0 N–H and O–H groups in total. The highest BCUT2D eigenvalue weighted by Crippen LogP contribution is 2.49. The lowest BCUT2D eigenvalue weighted by molar-refractivity contribution is 0.105. The Kier molecular flexibility index (Phi) is 5.86. The molecule has 0 amide bonds. The van der Waals surface area contributed by atoms with E-state index in [4.69, 9.17) is 4.52 Å². The number of benzene rings is 3. The van der Waals surface area contributed by atoms with Crippen LogP contribution in [0.5, 0.6) is 0 Å². The zero-order valence-corrected chi connectivity index (χ0v) is 18.7. The number of hydrogen-bond donors (Lipinski definition) is 0. The number of carbonyl (C=O) groups is 1. The van der Waals surface area contributed by atoms with E-state index in [9.17, 15) is 9.36 Å². The molecule has 1 unspecified atom stereocenters. The van der Waals surface area contributed by atoms with Crippen molar-refractivity contribution in [2.24, 2.45) is 0 Å². The summed E-state index contributed by atoms with van der Waals surface area (Å²) >= 11 is 0. The monoisotopic (exact) mass is 433 g/mol. The lowest BCUT2D eigenvalue weighted by Crippen LogP contribution is -2.17. The van der Waals surface area contributed by atoms with Crippen LogP contribution in [0.3, 0.4) is 0 Å². The minimum absolute atomic E-state index is 0.188. The lowest BCUT2D eigenvalue weighted by Gasteiger charge is -2.20. The standard InChI is InChI=1S/C24H24N3O3P/c1-4-30-31(29,20-10-6-5-7-11-20)24(28)23-17(2)14-19(15-18(23)3)16-27-22-13-9-8-12-21(22)25-26-27/h5-15H,4,16H2,1-3H3. The molecule has 0 saturated heterocycles. The van der Waals surface area contributed by atoms with Crippen LogP contribution in [0.15, 0.2) is 66.7 Å². The quantitative estimate of drug-likeness (QED) is 0.389. The Balaban J connectivity index is 1.71. The van der Waals surface area contributed by atoms with Gasteiger partial charge in [0.1, 0.15) is 5.52 Å². The lowest BCUT2D eigenvalue weighted by atomic mass is 10.00. The maximum absolute atomic E-state index is 13.7. The Morgan fingerprint density at radius 1 is 1.00 bits per heavy atom. The van der Waals surface area contributed by atoms with Gasteiger partial charge in [-0.15, -0.1) is 5.10 Å². The highest BCUT2D eigenvalue weighted by atomic mass is 31.2. The summed E-state index contributed by atoms with van der Waals surface area (Å²) in [6.07, 6.45) is 0. The minimum atomic E-state index is -3.71. The van der Waals surface area contributed by atoms with Gasteiger partial charge in [0.2, 0.25) is 0 Å². The molecule has 158 valence electrons. The van der Waals surface area contributed by atoms with Crippen LogP contribution in [0.25, 0.3) is 11.0 Å². The molecule has 4 aromatic rings. The van der Waals surface area contributed by atoms with Gasteiger partial charge in [0.05, 0.1) is 18.7 Å². The van der Waals surface area contributed by atoms with Crippen LogP contribution in [0.2, 0.25) is 0 Å². The van der Waals surface area contributed by atoms with Crippen molar-refractivity contribution in [3.63, 3.8) is 0 Å². The second-order valence-electron chi connectivity index (χ2n) is 7.45. The SMILES string of the molecule is CCOP(=O)(C(=O)c1c(C)cc(Cn2nnc3ccccc32)cc1C)c1ccccc1. The molecule has 0 aliphatic rings. The fraction of sp³-hybridized carbons (Fsp3) is 0.208. The van der Waals surface area contributed by atoms with Gasteiger partial charge in [-0.1, -0.05) is 47.7 Å². The molecule has 31 heavy (non-hydrogen) atoms. The van der Waals surface area contributed by atoms with Gasteiger partial charge in [0.15, 0.2) is 0 Å². The molecule has 0 saturated carbocycles. The number of aryl methyl sites for hydroxylation is 2. The maximum atomic E-state index is 13.7. The summed E-state index contributed by atoms with van der Waals surface area (Å²) in [4.78, 5) is 13.5. The molecule has 7 heteroatoms. The van der Waals surface area contributed by atoms with Crippen LogP contribution in [0.4, 0.5) is 0 Å². The smallest absolute Gasteiger partial charge is 0.300 e. The predicted octanol–water partition coefficient (Wildman–Crippen LogP) is 4.88. The van der Waals surface area contributed by atoms with Gasteiger partial charge < -0.3 is 4.52 Å². The Labute approximate surface area is 181 Å². The first kappa shape index (κ1) is 21.2. The average molecular weight is 433 g/mol. The van der Waals surface area contributed by atoms with Crippen LogP contribution in [-0.2, 0) is 15.6 Å². The zero-order chi connectivity index (χ0) is 22.0. The third-order valence-electron chi connectivity index (χ3n) is 5.23. The second kappa shape index (κ2) is 8.58. The van der Waals surface area contributed by atoms with E-state index in [1.807, 2.05) is 61.0 Å². The predicted molar refractivity (Wildman–Crippen MR) is 122 cm³/mol. The molecule has 0 fully saturated rings. The molecule has 0 spiro atoms. The van der Waals surface area contributed by atoms with E-state index >= 15 is 0 Å². The fourth-order valence-electron chi connectivity index (χ4n) is 3.89. The van der Waals surface area contributed by atoms with Crippen molar-refractivity contribution in [3.05, 3.63) is 89.0 Å². The minimum Gasteiger partial charge on any atom is -0.320 e. The van der Waals surface area contributed by atoms with Crippen LogP contribution in [0, 0.1) is 13.8 Å². The Morgan fingerprint density at radius 3 is 2.32 bits per heavy atom. The van der Waals surface area contributed by atoms with Crippen molar-refractivity contribution in [2.75, 3.05) is 6.61 Å². The van der Waals surface area contributed by atoms with E-state index in [-0.39, 0.29) is 6.61 Å². The number of rotatable bonds is 7. The molecule has 3 aromatic carbocycles. The number of fused-ring (bicyclic) bond motifs is 1. The molecule has 6 nitrogen and oxygen atoms in total.